The summed E-state index contributed by atoms with van der Waals surface area (Å²) in [7, 11) is -3.37. The average molecular weight is 436 g/mol. The van der Waals surface area contributed by atoms with Crippen LogP contribution in [0.3, 0.4) is 0 Å². The molecule has 1 fully saturated rings. The number of piperazine rings is 1. The number of hydrogen-bond donors (Lipinski definition) is 2. The van der Waals surface area contributed by atoms with E-state index in [0.717, 1.165) is 44.2 Å². The number of thiophene rings is 1. The Morgan fingerprint density at radius 1 is 1.10 bits per heavy atom. The van der Waals surface area contributed by atoms with E-state index < -0.39 is 10.0 Å². The Hall–Kier alpha value is -2.10. The van der Waals surface area contributed by atoms with Crippen molar-refractivity contribution >= 4 is 32.3 Å². The highest BCUT2D eigenvalue weighted by atomic mass is 32.2. The zero-order valence-electron chi connectivity index (χ0n) is 16.8. The molecule has 1 aliphatic heterocycles. The molecule has 2 N–H and O–H groups in total. The smallest absolute Gasteiger partial charge is 0.213 e. The van der Waals surface area contributed by atoms with Gasteiger partial charge in [0.1, 0.15) is 0 Å². The van der Waals surface area contributed by atoms with Crippen molar-refractivity contribution in [2.75, 3.05) is 49.9 Å². The van der Waals surface area contributed by atoms with Gasteiger partial charge in [0.2, 0.25) is 10.0 Å². The third-order valence-electron chi connectivity index (χ3n) is 4.69. The molecule has 0 aliphatic carbocycles. The summed E-state index contributed by atoms with van der Waals surface area (Å²) in [6, 6.07) is 13.7. The van der Waals surface area contributed by atoms with Crippen molar-refractivity contribution in [1.82, 2.24) is 14.9 Å². The predicted octanol–water partition coefficient (Wildman–Crippen LogP) is 1.96. The normalized spacial score (nSPS) is 15.6. The fourth-order valence-corrected chi connectivity index (χ4v) is 4.80. The summed E-state index contributed by atoms with van der Waals surface area (Å²) in [6.45, 7) is 6.91. The second-order valence-corrected chi connectivity index (χ2v) is 9.64. The van der Waals surface area contributed by atoms with E-state index in [4.69, 9.17) is 0 Å². The summed E-state index contributed by atoms with van der Waals surface area (Å²) in [5.74, 6) is 0.765. The summed E-state index contributed by atoms with van der Waals surface area (Å²) in [4.78, 5) is 9.15. The van der Waals surface area contributed by atoms with Gasteiger partial charge in [0.05, 0.1) is 17.3 Å². The first-order chi connectivity index (χ1) is 14.1. The minimum atomic E-state index is -3.37. The maximum atomic E-state index is 12.3. The zero-order chi connectivity index (χ0) is 20.5. The van der Waals surface area contributed by atoms with Crippen LogP contribution in [-0.2, 0) is 16.6 Å². The Morgan fingerprint density at radius 3 is 2.52 bits per heavy atom. The van der Waals surface area contributed by atoms with E-state index in [2.05, 4.69) is 42.3 Å². The first-order valence-corrected chi connectivity index (χ1v) is 12.4. The molecule has 1 aromatic heterocycles. The number of anilines is 1. The Bertz CT molecular complexity index is 862. The van der Waals surface area contributed by atoms with Gasteiger partial charge in [-0.1, -0.05) is 30.3 Å². The summed E-state index contributed by atoms with van der Waals surface area (Å²) in [5, 5.41) is 6.68. The molecule has 158 valence electrons. The van der Waals surface area contributed by atoms with E-state index >= 15 is 0 Å². The molecule has 1 aromatic carbocycles. The summed E-state index contributed by atoms with van der Waals surface area (Å²) < 4.78 is 27.2. The number of benzene rings is 1. The Morgan fingerprint density at radius 2 is 1.86 bits per heavy atom. The van der Waals surface area contributed by atoms with Gasteiger partial charge in [0.25, 0.3) is 0 Å². The van der Waals surface area contributed by atoms with Gasteiger partial charge in [-0.15, -0.1) is 11.3 Å². The fraction of sp³-hybridized carbons (Fsp3) is 0.450. The number of aliphatic imine (C=N–C) groups is 1. The lowest BCUT2D eigenvalue weighted by atomic mass is 10.2. The fourth-order valence-electron chi connectivity index (χ4n) is 3.15. The van der Waals surface area contributed by atoms with Crippen molar-refractivity contribution < 1.29 is 8.42 Å². The Kier molecular flexibility index (Phi) is 7.91. The number of nitrogens with zero attached hydrogens (tertiary/aromatic N) is 3. The summed E-state index contributed by atoms with van der Waals surface area (Å²) >= 11 is 1.76. The molecule has 9 heteroatoms. The molecule has 29 heavy (non-hydrogen) atoms. The third kappa shape index (κ3) is 6.73. The maximum absolute atomic E-state index is 12.3. The minimum Gasteiger partial charge on any atom is -0.360 e. The van der Waals surface area contributed by atoms with Crippen LogP contribution >= 0.6 is 11.3 Å². The van der Waals surface area contributed by atoms with Crippen LogP contribution in [0.25, 0.3) is 0 Å². The molecule has 0 atom stereocenters. The minimum absolute atomic E-state index is 0.0239. The standard InChI is InChI=1S/C20H29N5O2S2/c1-2-21-20(25-13-11-24(12-14-25)19-9-6-15-28-19)22-10-16-29(26,27)23-17-18-7-4-3-5-8-18/h3-9,15,23H,2,10-14,16-17H2,1H3,(H,21,22). The molecule has 0 amide bonds. The number of guanidine groups is 1. The van der Waals surface area contributed by atoms with Crippen LogP contribution in [0, 0.1) is 0 Å². The van der Waals surface area contributed by atoms with Gasteiger partial charge in [0, 0.05) is 39.3 Å². The summed E-state index contributed by atoms with van der Waals surface area (Å²) in [6.07, 6.45) is 0. The zero-order valence-corrected chi connectivity index (χ0v) is 18.4. The van der Waals surface area contributed by atoms with Crippen molar-refractivity contribution in [2.24, 2.45) is 4.99 Å². The lowest BCUT2D eigenvalue weighted by Crippen LogP contribution is -2.52. The van der Waals surface area contributed by atoms with E-state index in [1.54, 1.807) is 11.3 Å². The van der Waals surface area contributed by atoms with E-state index in [-0.39, 0.29) is 12.3 Å². The van der Waals surface area contributed by atoms with Crippen LogP contribution in [0.4, 0.5) is 5.00 Å². The Balaban J connectivity index is 1.50. The molecule has 0 unspecified atom stereocenters. The lowest BCUT2D eigenvalue weighted by Gasteiger charge is -2.37. The monoisotopic (exact) mass is 435 g/mol. The van der Waals surface area contributed by atoms with Gasteiger partial charge < -0.3 is 15.1 Å². The van der Waals surface area contributed by atoms with Crippen LogP contribution in [0.5, 0.6) is 0 Å². The van der Waals surface area contributed by atoms with Crippen LogP contribution in [0.1, 0.15) is 12.5 Å². The van der Waals surface area contributed by atoms with Crippen molar-refractivity contribution in [3.05, 3.63) is 53.4 Å². The van der Waals surface area contributed by atoms with Gasteiger partial charge >= 0.3 is 0 Å². The van der Waals surface area contributed by atoms with E-state index in [0.29, 0.717) is 6.54 Å². The molecule has 1 aliphatic rings. The topological polar surface area (TPSA) is 77.0 Å². The molecular weight excluding hydrogens is 406 g/mol. The first-order valence-electron chi connectivity index (χ1n) is 9.90. The maximum Gasteiger partial charge on any atom is 0.213 e. The molecule has 0 bridgehead atoms. The first kappa shape index (κ1) is 21.6. The van der Waals surface area contributed by atoms with Crippen LogP contribution in [0.15, 0.2) is 52.8 Å². The second-order valence-electron chi connectivity index (χ2n) is 6.79. The highest BCUT2D eigenvalue weighted by molar-refractivity contribution is 7.89. The second kappa shape index (κ2) is 10.6. The Labute approximate surface area is 177 Å². The SMILES string of the molecule is CCNC(=NCCS(=O)(=O)NCc1ccccc1)N1CCN(c2cccs2)CC1. The predicted molar refractivity (Wildman–Crippen MR) is 121 cm³/mol. The van der Waals surface area contributed by atoms with Gasteiger partial charge in [0.15, 0.2) is 5.96 Å². The van der Waals surface area contributed by atoms with E-state index in [9.17, 15) is 8.42 Å². The van der Waals surface area contributed by atoms with Crippen molar-refractivity contribution in [3.8, 4) is 0 Å². The van der Waals surface area contributed by atoms with Crippen LogP contribution in [-0.4, -0.2) is 64.3 Å². The molecule has 0 spiro atoms. The molecule has 7 nitrogen and oxygen atoms in total. The molecule has 0 saturated carbocycles. The third-order valence-corrected chi connectivity index (χ3v) is 6.93. The van der Waals surface area contributed by atoms with E-state index in [1.165, 1.54) is 5.00 Å². The quantitative estimate of drug-likeness (QED) is 0.490. The van der Waals surface area contributed by atoms with Gasteiger partial charge in [-0.3, -0.25) is 4.99 Å². The van der Waals surface area contributed by atoms with Crippen molar-refractivity contribution in [2.45, 2.75) is 13.5 Å². The summed E-state index contributed by atoms with van der Waals surface area (Å²) in [5.41, 5.74) is 0.941. The highest BCUT2D eigenvalue weighted by Crippen LogP contribution is 2.22. The van der Waals surface area contributed by atoms with E-state index in [1.807, 2.05) is 37.3 Å². The lowest BCUT2D eigenvalue weighted by molar-refractivity contribution is 0.374. The molecular formula is C20H29N5O2S2. The number of sulfonamides is 1. The molecule has 2 aromatic rings. The highest BCUT2D eigenvalue weighted by Gasteiger charge is 2.20. The largest absolute Gasteiger partial charge is 0.360 e. The van der Waals surface area contributed by atoms with Crippen LogP contribution in [0.2, 0.25) is 0 Å². The van der Waals surface area contributed by atoms with Crippen LogP contribution < -0.4 is 14.9 Å². The average Bonchev–Trinajstić information content (AvgIpc) is 3.28. The molecule has 1 saturated heterocycles. The molecule has 2 heterocycles. The molecule has 3 rings (SSSR count). The van der Waals surface area contributed by atoms with Crippen molar-refractivity contribution in [1.29, 1.82) is 0 Å². The molecule has 0 radical (unpaired) electrons. The number of hydrogen-bond acceptors (Lipinski definition) is 5. The van der Waals surface area contributed by atoms with Crippen molar-refractivity contribution in [3.63, 3.8) is 0 Å². The van der Waals surface area contributed by atoms with Gasteiger partial charge in [-0.05, 0) is 30.0 Å². The van der Waals surface area contributed by atoms with Gasteiger partial charge in [-0.2, -0.15) is 0 Å². The number of nitrogens with one attached hydrogen (secondary N) is 2. The van der Waals surface area contributed by atoms with Gasteiger partial charge in [-0.25, -0.2) is 13.1 Å². The number of rotatable bonds is 8.